The van der Waals surface area contributed by atoms with Gasteiger partial charge in [-0.1, -0.05) is 0 Å². The fourth-order valence-electron chi connectivity index (χ4n) is 0.529. The first-order valence-electron chi connectivity index (χ1n) is 3.36. The van der Waals surface area contributed by atoms with Crippen LogP contribution in [0.4, 0.5) is 4.39 Å². The average Bonchev–Trinajstić information content (AvgIpc) is 2.69. The van der Waals surface area contributed by atoms with Crippen molar-refractivity contribution in [2.45, 2.75) is 0 Å². The van der Waals surface area contributed by atoms with Gasteiger partial charge < -0.3 is 4.98 Å². The van der Waals surface area contributed by atoms with E-state index in [2.05, 4.69) is 10.2 Å². The number of hydrogen-bond acceptors (Lipinski definition) is 5. The molecule has 14 heavy (non-hydrogen) atoms. The zero-order valence-electron chi connectivity index (χ0n) is 6.73. The van der Waals surface area contributed by atoms with E-state index >= 15 is 0 Å². The zero-order valence-corrected chi connectivity index (χ0v) is 7.55. The summed E-state index contributed by atoms with van der Waals surface area (Å²) in [5.74, 6) is -0.991. The van der Waals surface area contributed by atoms with Gasteiger partial charge in [-0.3, -0.25) is 9.78 Å². The molecule has 2 N–H and O–H groups in total. The topological polar surface area (TPSA) is 91.5 Å². The molecule has 0 aliphatic heterocycles. The highest BCUT2D eigenvalue weighted by molar-refractivity contribution is 7.07. The van der Waals surface area contributed by atoms with Crippen LogP contribution in [-0.2, 0) is 0 Å². The van der Waals surface area contributed by atoms with Crippen molar-refractivity contribution >= 4 is 11.3 Å². The van der Waals surface area contributed by atoms with E-state index in [1.54, 1.807) is 16.0 Å². The van der Waals surface area contributed by atoms with Gasteiger partial charge in [-0.15, -0.1) is 21.5 Å². The van der Waals surface area contributed by atoms with E-state index < -0.39 is 17.1 Å². The Labute approximate surface area is 80.5 Å². The van der Waals surface area contributed by atoms with Crippen molar-refractivity contribution in [1.82, 2.24) is 20.2 Å². The molecular formula is C6H5FN4O2S. The highest BCUT2D eigenvalue weighted by Crippen LogP contribution is 1.80. The molecule has 0 saturated heterocycles. The van der Waals surface area contributed by atoms with Crippen molar-refractivity contribution in [3.8, 4) is 0 Å². The molecule has 0 bridgehead atoms. The Kier molecular flexibility index (Phi) is 3.68. The molecule has 2 rings (SSSR count). The summed E-state index contributed by atoms with van der Waals surface area (Å²) in [6, 6.07) is 0. The van der Waals surface area contributed by atoms with Crippen LogP contribution in [0.1, 0.15) is 0 Å². The van der Waals surface area contributed by atoms with E-state index in [0.29, 0.717) is 6.20 Å². The molecule has 74 valence electrons. The fraction of sp³-hybridized carbons (Fsp3) is 0. The molecule has 0 aliphatic rings. The third-order valence-electron chi connectivity index (χ3n) is 1.06. The molecule has 0 aliphatic carbocycles. The lowest BCUT2D eigenvalue weighted by Crippen LogP contribution is -2.23. The SMILES string of the molecule is O=c1[nH]cc(F)c(=O)[nH]1.c1nncs1. The Morgan fingerprint density at radius 2 is 1.93 bits per heavy atom. The molecule has 0 amide bonds. The second kappa shape index (κ2) is 5.02. The van der Waals surface area contributed by atoms with Gasteiger partial charge in [0.25, 0.3) is 5.56 Å². The van der Waals surface area contributed by atoms with E-state index in [0.717, 1.165) is 0 Å². The van der Waals surface area contributed by atoms with E-state index in [1.807, 2.05) is 4.98 Å². The minimum Gasteiger partial charge on any atom is -0.311 e. The first kappa shape index (κ1) is 10.3. The Morgan fingerprint density at radius 3 is 2.29 bits per heavy atom. The summed E-state index contributed by atoms with van der Waals surface area (Å²) in [5, 5.41) is 6.98. The molecule has 0 atom stereocenters. The van der Waals surface area contributed by atoms with Crippen molar-refractivity contribution < 1.29 is 4.39 Å². The Hall–Kier alpha value is -1.83. The minimum atomic E-state index is -1.00. The van der Waals surface area contributed by atoms with Crippen LogP contribution >= 0.6 is 11.3 Å². The molecule has 8 heteroatoms. The summed E-state index contributed by atoms with van der Waals surface area (Å²) in [4.78, 5) is 24.0. The molecule has 6 nitrogen and oxygen atoms in total. The second-order valence-corrected chi connectivity index (χ2v) is 2.69. The van der Waals surface area contributed by atoms with Gasteiger partial charge >= 0.3 is 5.69 Å². The number of nitrogens with zero attached hydrogens (tertiary/aromatic N) is 2. The molecule has 0 saturated carbocycles. The van der Waals surface area contributed by atoms with Gasteiger partial charge in [0.1, 0.15) is 11.0 Å². The lowest BCUT2D eigenvalue weighted by Gasteiger charge is -1.81. The first-order valence-corrected chi connectivity index (χ1v) is 4.31. The maximum absolute atomic E-state index is 12.0. The number of aromatic amines is 2. The van der Waals surface area contributed by atoms with E-state index in [9.17, 15) is 14.0 Å². The van der Waals surface area contributed by atoms with Gasteiger partial charge in [-0.05, 0) is 0 Å². The maximum Gasteiger partial charge on any atom is 0.325 e. The van der Waals surface area contributed by atoms with Gasteiger partial charge in [0, 0.05) is 6.20 Å². The highest BCUT2D eigenvalue weighted by Gasteiger charge is 1.93. The summed E-state index contributed by atoms with van der Waals surface area (Å²) in [7, 11) is 0. The summed E-state index contributed by atoms with van der Waals surface area (Å²) in [5.41, 5.74) is 1.65. The third-order valence-corrected chi connectivity index (χ3v) is 1.49. The zero-order chi connectivity index (χ0) is 10.4. The average molecular weight is 216 g/mol. The Bertz CT molecular complexity index is 460. The smallest absolute Gasteiger partial charge is 0.311 e. The largest absolute Gasteiger partial charge is 0.325 e. The predicted molar refractivity (Wildman–Crippen MR) is 47.6 cm³/mol. The van der Waals surface area contributed by atoms with Gasteiger partial charge in [-0.25, -0.2) is 4.79 Å². The molecule has 0 fully saturated rings. The molecule has 0 unspecified atom stereocenters. The van der Waals surface area contributed by atoms with Crippen molar-refractivity contribution in [2.24, 2.45) is 0 Å². The van der Waals surface area contributed by atoms with Crippen LogP contribution < -0.4 is 11.2 Å². The number of rotatable bonds is 0. The summed E-state index contributed by atoms with van der Waals surface area (Å²) in [6.45, 7) is 0. The molecular weight excluding hydrogens is 211 g/mol. The van der Waals surface area contributed by atoms with E-state index in [-0.39, 0.29) is 0 Å². The van der Waals surface area contributed by atoms with Crippen LogP contribution in [0.5, 0.6) is 0 Å². The fourth-order valence-corrected chi connectivity index (χ4v) is 0.802. The molecule has 2 heterocycles. The minimum absolute atomic E-state index is 0.707. The first-order chi connectivity index (χ1) is 6.70. The standard InChI is InChI=1S/C4H3FN2O2.C2H2N2S/c5-2-1-6-4(9)7-3(2)8;1-3-4-2-5-1/h1H,(H2,6,7,8,9);1-2H. The van der Waals surface area contributed by atoms with Crippen molar-refractivity contribution in [3.63, 3.8) is 0 Å². The van der Waals surface area contributed by atoms with Gasteiger partial charge in [0.05, 0.1) is 0 Å². The number of nitrogens with one attached hydrogen (secondary N) is 2. The van der Waals surface area contributed by atoms with Crippen LogP contribution in [0.15, 0.2) is 26.8 Å². The summed E-state index contributed by atoms with van der Waals surface area (Å²) >= 11 is 1.49. The number of hydrogen-bond donors (Lipinski definition) is 2. The Morgan fingerprint density at radius 1 is 1.29 bits per heavy atom. The highest BCUT2D eigenvalue weighted by atomic mass is 32.1. The Balaban J connectivity index is 0.000000165. The summed E-state index contributed by atoms with van der Waals surface area (Å²) < 4.78 is 12.0. The van der Waals surface area contributed by atoms with Crippen LogP contribution in [0.3, 0.4) is 0 Å². The molecule has 0 spiro atoms. The lowest BCUT2D eigenvalue weighted by molar-refractivity contribution is 0.597. The monoisotopic (exact) mass is 216 g/mol. The third kappa shape index (κ3) is 3.27. The quantitative estimate of drug-likeness (QED) is 0.634. The second-order valence-electron chi connectivity index (χ2n) is 2.00. The van der Waals surface area contributed by atoms with Crippen molar-refractivity contribution in [3.05, 3.63) is 43.9 Å². The van der Waals surface area contributed by atoms with Crippen molar-refractivity contribution in [1.29, 1.82) is 0 Å². The van der Waals surface area contributed by atoms with Crippen LogP contribution in [-0.4, -0.2) is 20.2 Å². The molecule has 2 aromatic heterocycles. The predicted octanol–water partition coefficient (Wildman–Crippen LogP) is -0.260. The number of H-pyrrole nitrogens is 2. The lowest BCUT2D eigenvalue weighted by atomic mass is 10.6. The van der Waals surface area contributed by atoms with Crippen molar-refractivity contribution in [2.75, 3.05) is 0 Å². The normalized spacial score (nSPS) is 8.93. The summed E-state index contributed by atoms with van der Waals surface area (Å²) in [6.07, 6.45) is 0.709. The van der Waals surface area contributed by atoms with Crippen LogP contribution in [0.2, 0.25) is 0 Å². The van der Waals surface area contributed by atoms with Gasteiger partial charge in [-0.2, -0.15) is 4.39 Å². The molecule has 2 aromatic rings. The van der Waals surface area contributed by atoms with Gasteiger partial charge in [0.2, 0.25) is 5.82 Å². The van der Waals surface area contributed by atoms with Crippen LogP contribution in [0.25, 0.3) is 0 Å². The van der Waals surface area contributed by atoms with Crippen LogP contribution in [0, 0.1) is 5.82 Å². The van der Waals surface area contributed by atoms with Gasteiger partial charge in [0.15, 0.2) is 0 Å². The number of halogens is 1. The number of aromatic nitrogens is 4. The maximum atomic E-state index is 12.0. The van der Waals surface area contributed by atoms with E-state index in [1.165, 1.54) is 11.3 Å². The molecule has 0 radical (unpaired) electrons. The van der Waals surface area contributed by atoms with E-state index in [4.69, 9.17) is 0 Å². The molecule has 0 aromatic carbocycles.